The van der Waals surface area contributed by atoms with E-state index in [1.807, 2.05) is 0 Å². The van der Waals surface area contributed by atoms with Gasteiger partial charge in [0, 0.05) is 18.8 Å². The molecular formula is C20H25ClFN9O. The number of amidine groups is 1. The topological polar surface area (TPSA) is 130 Å². The van der Waals surface area contributed by atoms with Crippen LogP contribution in [-0.2, 0) is 0 Å². The lowest BCUT2D eigenvalue weighted by Gasteiger charge is -2.41. The highest BCUT2D eigenvalue weighted by atomic mass is 35.5. The first-order valence-corrected chi connectivity index (χ1v) is 10.7. The largest absolute Gasteiger partial charge is 0.338 e. The summed E-state index contributed by atoms with van der Waals surface area (Å²) >= 11 is 5.84. The van der Waals surface area contributed by atoms with Crippen LogP contribution < -0.4 is 21.6 Å². The van der Waals surface area contributed by atoms with Crippen LogP contribution in [0.25, 0.3) is 0 Å². The number of hydrazone groups is 1. The zero-order valence-corrected chi connectivity index (χ0v) is 18.4. The van der Waals surface area contributed by atoms with Crippen molar-refractivity contribution in [3.63, 3.8) is 0 Å². The predicted molar refractivity (Wildman–Crippen MR) is 120 cm³/mol. The van der Waals surface area contributed by atoms with Crippen LogP contribution >= 0.6 is 11.6 Å². The van der Waals surface area contributed by atoms with E-state index in [0.29, 0.717) is 41.2 Å². The molecule has 2 fully saturated rings. The van der Waals surface area contributed by atoms with Crippen molar-refractivity contribution in [1.29, 1.82) is 0 Å². The fourth-order valence-electron chi connectivity index (χ4n) is 3.83. The number of hydrogen-bond donors (Lipinski definition) is 2. The Kier molecular flexibility index (Phi) is 6.38. The first-order chi connectivity index (χ1) is 15.4. The summed E-state index contributed by atoms with van der Waals surface area (Å²) in [6, 6.07) is 2.77. The van der Waals surface area contributed by atoms with Crippen molar-refractivity contribution < 1.29 is 9.18 Å². The lowest BCUT2D eigenvalue weighted by Crippen LogP contribution is -2.55. The molecule has 1 saturated carbocycles. The van der Waals surface area contributed by atoms with Crippen molar-refractivity contribution in [2.24, 2.45) is 16.8 Å². The van der Waals surface area contributed by atoms with E-state index in [1.54, 1.807) is 28.9 Å². The molecule has 2 atom stereocenters. The molecule has 12 heteroatoms. The molecule has 170 valence electrons. The summed E-state index contributed by atoms with van der Waals surface area (Å²) in [6.45, 7) is 2.29. The van der Waals surface area contributed by atoms with Gasteiger partial charge in [0.1, 0.15) is 17.8 Å². The van der Waals surface area contributed by atoms with Crippen LogP contribution in [0.5, 0.6) is 0 Å². The number of hydrazine groups is 1. The van der Waals surface area contributed by atoms with Gasteiger partial charge in [0.15, 0.2) is 0 Å². The minimum absolute atomic E-state index is 0.0429. The van der Waals surface area contributed by atoms with Crippen molar-refractivity contribution >= 4 is 35.1 Å². The summed E-state index contributed by atoms with van der Waals surface area (Å²) in [5.74, 6) is 12.1. The van der Waals surface area contributed by atoms with Gasteiger partial charge in [0.25, 0.3) is 5.91 Å². The molecule has 3 heterocycles. The number of hydrogen-bond acceptors (Lipinski definition) is 8. The Balaban J connectivity index is 1.48. The summed E-state index contributed by atoms with van der Waals surface area (Å²) in [5.41, 5.74) is 0.382. The maximum absolute atomic E-state index is 15.3. The van der Waals surface area contributed by atoms with E-state index in [4.69, 9.17) is 23.3 Å². The van der Waals surface area contributed by atoms with E-state index in [9.17, 15) is 4.79 Å². The molecule has 2 unspecified atom stereocenters. The zero-order valence-electron chi connectivity index (χ0n) is 17.6. The van der Waals surface area contributed by atoms with Crippen molar-refractivity contribution in [1.82, 2.24) is 19.9 Å². The van der Waals surface area contributed by atoms with Crippen LogP contribution in [0, 0.1) is 0 Å². The van der Waals surface area contributed by atoms with Crippen molar-refractivity contribution in [3.05, 3.63) is 41.3 Å². The van der Waals surface area contributed by atoms with Crippen LogP contribution in [-0.4, -0.2) is 62.9 Å². The molecule has 32 heavy (non-hydrogen) atoms. The van der Waals surface area contributed by atoms with Crippen molar-refractivity contribution in [2.75, 3.05) is 23.0 Å². The lowest BCUT2D eigenvalue weighted by atomic mass is 10.00. The van der Waals surface area contributed by atoms with Crippen LogP contribution in [0.1, 0.15) is 36.5 Å². The number of rotatable bonds is 5. The number of amides is 1. The van der Waals surface area contributed by atoms with E-state index in [0.717, 1.165) is 12.8 Å². The number of piperidine rings is 1. The third kappa shape index (κ3) is 4.58. The lowest BCUT2D eigenvalue weighted by molar-refractivity contribution is 0.0486. The monoisotopic (exact) mass is 461 g/mol. The molecule has 10 nitrogen and oxygen atoms in total. The summed E-state index contributed by atoms with van der Waals surface area (Å²) in [7, 11) is 0. The highest BCUT2D eigenvalue weighted by molar-refractivity contribution is 6.30. The van der Waals surface area contributed by atoms with Gasteiger partial charge in [-0.15, -0.1) is 0 Å². The molecule has 0 bridgehead atoms. The Labute approximate surface area is 190 Å². The molecule has 1 aliphatic heterocycles. The van der Waals surface area contributed by atoms with Crippen LogP contribution in [0.3, 0.4) is 0 Å². The third-order valence-corrected chi connectivity index (χ3v) is 5.90. The second-order valence-electron chi connectivity index (χ2n) is 7.91. The third-order valence-electron chi connectivity index (χ3n) is 5.71. The Morgan fingerprint density at radius 1 is 1.22 bits per heavy atom. The SMILES string of the molecule is CC(=NN)N(N)c1ccc(C(=O)N(C2CC2)C2CCN(c3ncc(Cl)cn3)CC2F)cn1. The van der Waals surface area contributed by atoms with Gasteiger partial charge in [-0.1, -0.05) is 11.6 Å². The molecule has 1 amide bonds. The molecule has 1 aliphatic carbocycles. The van der Waals surface area contributed by atoms with Gasteiger partial charge in [0.2, 0.25) is 5.95 Å². The van der Waals surface area contributed by atoms with Gasteiger partial charge in [-0.2, -0.15) is 5.10 Å². The number of carbonyl (C=O) groups excluding carboxylic acids is 1. The van der Waals surface area contributed by atoms with Gasteiger partial charge >= 0.3 is 0 Å². The number of nitrogens with two attached hydrogens (primary N) is 2. The molecule has 1 saturated heterocycles. The summed E-state index contributed by atoms with van der Waals surface area (Å²) < 4.78 is 15.3. The maximum atomic E-state index is 15.3. The molecule has 0 spiro atoms. The molecule has 4 rings (SSSR count). The first kappa shape index (κ1) is 22.2. The fraction of sp³-hybridized carbons (Fsp3) is 0.450. The highest BCUT2D eigenvalue weighted by Crippen LogP contribution is 2.34. The molecular weight excluding hydrogens is 437 g/mol. The van der Waals surface area contributed by atoms with Gasteiger partial charge in [-0.05, 0) is 38.3 Å². The quantitative estimate of drug-likeness (QED) is 0.298. The molecule has 2 aliphatic rings. The molecule has 0 radical (unpaired) electrons. The first-order valence-electron chi connectivity index (χ1n) is 10.3. The molecule has 4 N–H and O–H groups in total. The van der Waals surface area contributed by atoms with Crippen molar-refractivity contribution in [3.8, 4) is 0 Å². The summed E-state index contributed by atoms with van der Waals surface area (Å²) in [6.07, 6.45) is 5.40. The second-order valence-corrected chi connectivity index (χ2v) is 8.35. The van der Waals surface area contributed by atoms with E-state index in [1.165, 1.54) is 23.6 Å². The Morgan fingerprint density at radius 3 is 2.50 bits per heavy atom. The number of halogens is 2. The number of carbonyl (C=O) groups is 1. The Morgan fingerprint density at radius 2 is 1.94 bits per heavy atom. The molecule has 2 aromatic rings. The van der Waals surface area contributed by atoms with Crippen LogP contribution in [0.15, 0.2) is 35.8 Å². The predicted octanol–water partition coefficient (Wildman–Crippen LogP) is 1.72. The minimum atomic E-state index is -1.23. The Bertz CT molecular complexity index is 984. The molecule has 0 aromatic carbocycles. The second kappa shape index (κ2) is 9.21. The van der Waals surface area contributed by atoms with E-state index < -0.39 is 12.2 Å². The van der Waals surface area contributed by atoms with E-state index >= 15 is 4.39 Å². The van der Waals surface area contributed by atoms with Gasteiger partial charge in [-0.25, -0.2) is 30.2 Å². The number of anilines is 2. The van der Waals surface area contributed by atoms with E-state index in [2.05, 4.69) is 20.1 Å². The average Bonchev–Trinajstić information content (AvgIpc) is 3.65. The zero-order chi connectivity index (χ0) is 22.8. The van der Waals surface area contributed by atoms with Crippen molar-refractivity contribution in [2.45, 2.75) is 44.4 Å². The highest BCUT2D eigenvalue weighted by Gasteiger charge is 2.43. The standard InChI is InChI=1S/C20H25ClFN9O/c1-12(28-23)31(24)18-5-2-13(8-25-18)19(32)30(15-3-4-15)17-6-7-29(11-16(17)22)20-26-9-14(21)10-27-20/h2,5,8-10,15-17H,3-4,6-7,11,23-24H2,1H3. The number of pyridine rings is 1. The summed E-state index contributed by atoms with van der Waals surface area (Å²) in [4.78, 5) is 29.4. The number of nitrogens with zero attached hydrogens (tertiary/aromatic N) is 7. The van der Waals surface area contributed by atoms with Crippen LogP contribution in [0.2, 0.25) is 5.02 Å². The minimum Gasteiger partial charge on any atom is -0.338 e. The maximum Gasteiger partial charge on any atom is 0.256 e. The van der Waals surface area contributed by atoms with Gasteiger partial charge in [0.05, 0.1) is 35.6 Å². The van der Waals surface area contributed by atoms with E-state index in [-0.39, 0.29) is 18.5 Å². The normalized spacial score (nSPS) is 21.4. The van der Waals surface area contributed by atoms with Crippen LogP contribution in [0.4, 0.5) is 16.2 Å². The van der Waals surface area contributed by atoms with Gasteiger partial charge in [-0.3, -0.25) is 4.79 Å². The Hall–Kier alpha value is -3.05. The smallest absolute Gasteiger partial charge is 0.256 e. The fourth-order valence-corrected chi connectivity index (χ4v) is 3.93. The number of alkyl halides is 1. The number of aromatic nitrogens is 3. The summed E-state index contributed by atoms with van der Waals surface area (Å²) in [5, 5.41) is 5.17. The molecule has 2 aromatic heterocycles. The van der Waals surface area contributed by atoms with Gasteiger partial charge < -0.3 is 15.6 Å². The average molecular weight is 462 g/mol.